The number of carbonyl (C=O) groups excluding carboxylic acids is 1. The van der Waals surface area contributed by atoms with E-state index in [9.17, 15) is 9.59 Å². The third-order valence-electron chi connectivity index (χ3n) is 4.10. The number of carbonyl (C=O) groups is 2. The summed E-state index contributed by atoms with van der Waals surface area (Å²) in [6.45, 7) is 1.61. The zero-order chi connectivity index (χ0) is 17.1. The van der Waals surface area contributed by atoms with Crippen molar-refractivity contribution in [3.63, 3.8) is 0 Å². The minimum Gasteiger partial charge on any atom is -0.480 e. The monoisotopic (exact) mass is 326 g/mol. The van der Waals surface area contributed by atoms with Gasteiger partial charge in [0, 0.05) is 5.92 Å². The summed E-state index contributed by atoms with van der Waals surface area (Å²) in [6, 6.07) is 15.2. The van der Waals surface area contributed by atoms with E-state index >= 15 is 0 Å². The highest BCUT2D eigenvalue weighted by Gasteiger charge is 2.29. The Bertz CT molecular complexity index is 730. The molecule has 3 N–H and O–H groups in total. The van der Waals surface area contributed by atoms with Crippen LogP contribution in [0, 0.1) is 0 Å². The fourth-order valence-corrected chi connectivity index (χ4v) is 2.86. The van der Waals surface area contributed by atoms with Crippen molar-refractivity contribution >= 4 is 12.1 Å². The molecule has 0 bridgehead atoms. The molecule has 0 aromatic heterocycles. The maximum absolute atomic E-state index is 11.8. The highest BCUT2D eigenvalue weighted by Crippen LogP contribution is 2.44. The van der Waals surface area contributed by atoms with Gasteiger partial charge in [-0.2, -0.15) is 0 Å². The lowest BCUT2D eigenvalue weighted by Gasteiger charge is -2.15. The second-order valence-corrected chi connectivity index (χ2v) is 5.65. The second-order valence-electron chi connectivity index (χ2n) is 5.65. The molecule has 1 aliphatic carbocycles. The van der Waals surface area contributed by atoms with Crippen molar-refractivity contribution in [2.45, 2.75) is 18.9 Å². The molecule has 0 fully saturated rings. The van der Waals surface area contributed by atoms with Crippen LogP contribution in [0.2, 0.25) is 0 Å². The molecule has 0 aliphatic heterocycles. The number of carboxylic acid groups (broad SMARTS) is 1. The predicted molar refractivity (Wildman–Crippen MR) is 88.4 cm³/mol. The maximum atomic E-state index is 11.8. The summed E-state index contributed by atoms with van der Waals surface area (Å²) < 4.78 is 5.26. The zero-order valence-electron chi connectivity index (χ0n) is 13.2. The number of amides is 1. The van der Waals surface area contributed by atoms with Gasteiger partial charge in [-0.25, -0.2) is 10.2 Å². The summed E-state index contributed by atoms with van der Waals surface area (Å²) in [4.78, 5) is 22.5. The number of nitrogens with one attached hydrogen (secondary N) is 2. The lowest BCUT2D eigenvalue weighted by Crippen LogP contribution is -2.46. The highest BCUT2D eigenvalue weighted by atomic mass is 16.6. The number of fused-ring (bicyclic) bond motifs is 3. The largest absolute Gasteiger partial charge is 0.480 e. The Hall–Kier alpha value is -2.86. The van der Waals surface area contributed by atoms with Gasteiger partial charge in [0.05, 0.1) is 0 Å². The topological polar surface area (TPSA) is 87.7 Å². The Labute approximate surface area is 139 Å². The smallest absolute Gasteiger partial charge is 0.421 e. The SMILES string of the molecule is C[C@H](NNC(=O)OCC1c2ccccc2-c2ccccc21)C(=O)O. The molecule has 0 radical (unpaired) electrons. The van der Waals surface area contributed by atoms with Gasteiger partial charge in [0.2, 0.25) is 0 Å². The predicted octanol–water partition coefficient (Wildman–Crippen LogP) is 2.50. The van der Waals surface area contributed by atoms with E-state index in [2.05, 4.69) is 23.0 Å². The minimum atomic E-state index is -1.06. The molecule has 0 spiro atoms. The van der Waals surface area contributed by atoms with Crippen LogP contribution in [0.1, 0.15) is 24.0 Å². The van der Waals surface area contributed by atoms with Crippen LogP contribution in [0.25, 0.3) is 11.1 Å². The van der Waals surface area contributed by atoms with Crippen LogP contribution in [0.5, 0.6) is 0 Å². The van der Waals surface area contributed by atoms with E-state index in [1.165, 1.54) is 6.92 Å². The molecule has 2 aromatic rings. The van der Waals surface area contributed by atoms with Crippen LogP contribution >= 0.6 is 0 Å². The lowest BCUT2D eigenvalue weighted by atomic mass is 9.98. The molecule has 0 unspecified atom stereocenters. The van der Waals surface area contributed by atoms with Gasteiger partial charge in [-0.3, -0.25) is 10.2 Å². The summed E-state index contributed by atoms with van der Waals surface area (Å²) in [5.74, 6) is -1.09. The summed E-state index contributed by atoms with van der Waals surface area (Å²) >= 11 is 0. The summed E-state index contributed by atoms with van der Waals surface area (Å²) in [6.07, 6.45) is -0.704. The van der Waals surface area contributed by atoms with E-state index in [4.69, 9.17) is 9.84 Å². The molecule has 0 saturated heterocycles. The molecule has 6 heteroatoms. The number of carboxylic acids is 1. The van der Waals surface area contributed by atoms with Crippen LogP contribution < -0.4 is 10.9 Å². The Morgan fingerprint density at radius 1 is 1.08 bits per heavy atom. The molecule has 124 valence electrons. The van der Waals surface area contributed by atoms with Crippen molar-refractivity contribution in [2.24, 2.45) is 0 Å². The Morgan fingerprint density at radius 3 is 2.17 bits per heavy atom. The molecule has 1 aliphatic rings. The molecule has 6 nitrogen and oxygen atoms in total. The van der Waals surface area contributed by atoms with E-state index in [0.29, 0.717) is 0 Å². The van der Waals surface area contributed by atoms with Crippen LogP contribution in [-0.2, 0) is 9.53 Å². The van der Waals surface area contributed by atoms with Crippen molar-refractivity contribution in [2.75, 3.05) is 6.61 Å². The number of hydrogen-bond donors (Lipinski definition) is 3. The first-order chi connectivity index (χ1) is 11.6. The van der Waals surface area contributed by atoms with Gasteiger partial charge in [-0.05, 0) is 29.2 Å². The first-order valence-corrected chi connectivity index (χ1v) is 7.67. The number of hydrogen-bond acceptors (Lipinski definition) is 4. The fraction of sp³-hybridized carbons (Fsp3) is 0.222. The maximum Gasteiger partial charge on any atom is 0.421 e. The van der Waals surface area contributed by atoms with Crippen molar-refractivity contribution in [1.82, 2.24) is 10.9 Å². The van der Waals surface area contributed by atoms with Gasteiger partial charge in [0.25, 0.3) is 0 Å². The van der Waals surface area contributed by atoms with Crippen molar-refractivity contribution < 1.29 is 19.4 Å². The average Bonchev–Trinajstić information content (AvgIpc) is 2.92. The Balaban J connectivity index is 1.67. The zero-order valence-corrected chi connectivity index (χ0v) is 13.2. The van der Waals surface area contributed by atoms with Crippen LogP contribution in [-0.4, -0.2) is 29.8 Å². The van der Waals surface area contributed by atoms with E-state index in [1.54, 1.807) is 0 Å². The van der Waals surface area contributed by atoms with Crippen molar-refractivity contribution in [3.8, 4) is 11.1 Å². The van der Waals surface area contributed by atoms with E-state index in [-0.39, 0.29) is 12.5 Å². The van der Waals surface area contributed by atoms with Crippen molar-refractivity contribution in [3.05, 3.63) is 59.7 Å². The van der Waals surface area contributed by atoms with Gasteiger partial charge in [0.15, 0.2) is 0 Å². The van der Waals surface area contributed by atoms with Crippen molar-refractivity contribution in [1.29, 1.82) is 0 Å². The molecule has 2 aromatic carbocycles. The summed E-state index contributed by atoms with van der Waals surface area (Å²) in [7, 11) is 0. The van der Waals surface area contributed by atoms with Gasteiger partial charge in [-0.1, -0.05) is 48.5 Å². The lowest BCUT2D eigenvalue weighted by molar-refractivity contribution is -0.139. The number of rotatable bonds is 5. The normalized spacial score (nSPS) is 13.7. The van der Waals surface area contributed by atoms with Crippen LogP contribution in [0.3, 0.4) is 0 Å². The number of ether oxygens (including phenoxy) is 1. The summed E-state index contributed by atoms with van der Waals surface area (Å²) in [5, 5.41) is 8.76. The number of hydrazine groups is 1. The molecule has 1 amide bonds. The second kappa shape index (κ2) is 6.72. The standard InChI is InChI=1S/C18H18N2O4/c1-11(17(21)22)19-20-18(23)24-10-16-14-8-4-2-6-12(14)13-7-3-5-9-15(13)16/h2-9,11,16,19H,10H2,1H3,(H,20,23)(H,21,22)/t11-/m0/s1. The summed E-state index contributed by atoms with van der Waals surface area (Å²) in [5.41, 5.74) is 9.17. The first kappa shape index (κ1) is 16.0. The number of aliphatic carboxylic acids is 1. The highest BCUT2D eigenvalue weighted by molar-refractivity contribution is 5.79. The third kappa shape index (κ3) is 3.09. The first-order valence-electron chi connectivity index (χ1n) is 7.67. The molecule has 24 heavy (non-hydrogen) atoms. The third-order valence-corrected chi connectivity index (χ3v) is 4.10. The molecular formula is C18H18N2O4. The fourth-order valence-electron chi connectivity index (χ4n) is 2.86. The Kier molecular flexibility index (Phi) is 4.48. The van der Waals surface area contributed by atoms with E-state index < -0.39 is 18.1 Å². The van der Waals surface area contributed by atoms with Gasteiger partial charge >= 0.3 is 12.1 Å². The molecule has 0 saturated carbocycles. The quantitative estimate of drug-likeness (QED) is 0.735. The average molecular weight is 326 g/mol. The Morgan fingerprint density at radius 2 is 1.62 bits per heavy atom. The minimum absolute atomic E-state index is 0.0277. The molecular weight excluding hydrogens is 308 g/mol. The van der Waals surface area contributed by atoms with Gasteiger partial charge in [0.1, 0.15) is 12.6 Å². The van der Waals surface area contributed by atoms with Crippen LogP contribution in [0.4, 0.5) is 4.79 Å². The molecule has 3 rings (SSSR count). The molecule has 1 atom stereocenters. The van der Waals surface area contributed by atoms with Crippen LogP contribution in [0.15, 0.2) is 48.5 Å². The van der Waals surface area contributed by atoms with Gasteiger partial charge in [-0.15, -0.1) is 0 Å². The molecule has 0 heterocycles. The van der Waals surface area contributed by atoms with Gasteiger partial charge < -0.3 is 9.84 Å². The van der Waals surface area contributed by atoms with E-state index in [0.717, 1.165) is 22.3 Å². The number of benzene rings is 2. The van der Waals surface area contributed by atoms with E-state index in [1.807, 2.05) is 36.4 Å².